The number of benzene rings is 1. The highest BCUT2D eigenvalue weighted by molar-refractivity contribution is 5.97. The zero-order chi connectivity index (χ0) is 17.4. The maximum atomic E-state index is 12.0. The van der Waals surface area contributed by atoms with E-state index in [0.717, 1.165) is 24.3 Å². The Morgan fingerprint density at radius 2 is 1.57 bits per heavy atom. The lowest BCUT2D eigenvalue weighted by atomic mass is 10.2. The van der Waals surface area contributed by atoms with Crippen LogP contribution in [-0.4, -0.2) is 64.5 Å². The summed E-state index contributed by atoms with van der Waals surface area (Å²) < 4.78 is 0. The van der Waals surface area contributed by atoms with Crippen molar-refractivity contribution in [1.29, 1.82) is 0 Å². The van der Waals surface area contributed by atoms with Crippen molar-refractivity contribution in [3.63, 3.8) is 0 Å². The van der Waals surface area contributed by atoms with Gasteiger partial charge in [0.05, 0.1) is 0 Å². The topological polar surface area (TPSA) is 55.9 Å². The van der Waals surface area contributed by atoms with Crippen molar-refractivity contribution in [3.8, 4) is 0 Å². The molecule has 0 saturated heterocycles. The van der Waals surface area contributed by atoms with E-state index in [1.807, 2.05) is 57.4 Å². The van der Waals surface area contributed by atoms with Crippen LogP contribution in [-0.2, 0) is 9.59 Å². The van der Waals surface area contributed by atoms with Crippen molar-refractivity contribution < 1.29 is 9.59 Å². The van der Waals surface area contributed by atoms with Gasteiger partial charge in [0.25, 0.3) is 0 Å². The van der Waals surface area contributed by atoms with Crippen molar-refractivity contribution in [2.24, 2.45) is 0 Å². The second kappa shape index (κ2) is 9.15. The van der Waals surface area contributed by atoms with Gasteiger partial charge in [0.2, 0.25) is 11.8 Å². The van der Waals surface area contributed by atoms with E-state index >= 15 is 0 Å². The SMILES string of the molecule is CC(=O)N(CC(=O)NCCCN(C)C)c1ccc(N(C)C)cc1. The molecule has 0 fully saturated rings. The molecule has 0 heterocycles. The van der Waals surface area contributed by atoms with Crippen LogP contribution in [0.4, 0.5) is 11.4 Å². The average molecular weight is 320 g/mol. The summed E-state index contributed by atoms with van der Waals surface area (Å²) in [5.74, 6) is -0.290. The fourth-order valence-electron chi connectivity index (χ4n) is 2.14. The summed E-state index contributed by atoms with van der Waals surface area (Å²) >= 11 is 0. The highest BCUT2D eigenvalue weighted by atomic mass is 16.2. The van der Waals surface area contributed by atoms with E-state index in [0.29, 0.717) is 6.54 Å². The normalized spacial score (nSPS) is 10.5. The molecular formula is C17H28N4O2. The maximum Gasteiger partial charge on any atom is 0.240 e. The number of rotatable bonds is 8. The van der Waals surface area contributed by atoms with Gasteiger partial charge in [-0.3, -0.25) is 9.59 Å². The Labute approximate surface area is 139 Å². The molecule has 23 heavy (non-hydrogen) atoms. The predicted octanol–water partition coefficient (Wildman–Crippen LogP) is 1.17. The predicted molar refractivity (Wildman–Crippen MR) is 95.0 cm³/mol. The first-order valence-corrected chi connectivity index (χ1v) is 7.78. The average Bonchev–Trinajstić information content (AvgIpc) is 2.49. The molecule has 0 aliphatic carbocycles. The number of carbonyl (C=O) groups is 2. The van der Waals surface area contributed by atoms with Crippen LogP contribution < -0.4 is 15.1 Å². The Balaban J connectivity index is 2.61. The first-order chi connectivity index (χ1) is 10.8. The van der Waals surface area contributed by atoms with Gasteiger partial charge in [-0.1, -0.05) is 0 Å². The maximum absolute atomic E-state index is 12.0. The van der Waals surface area contributed by atoms with Crippen LogP contribution in [0.1, 0.15) is 13.3 Å². The van der Waals surface area contributed by atoms with Crippen molar-refractivity contribution in [3.05, 3.63) is 24.3 Å². The van der Waals surface area contributed by atoms with Crippen LogP contribution in [0.2, 0.25) is 0 Å². The zero-order valence-corrected chi connectivity index (χ0v) is 14.8. The Kier molecular flexibility index (Phi) is 7.54. The van der Waals surface area contributed by atoms with Gasteiger partial charge in [-0.15, -0.1) is 0 Å². The molecular weight excluding hydrogens is 292 g/mol. The minimum absolute atomic E-state index is 0.0403. The largest absolute Gasteiger partial charge is 0.378 e. The number of hydrogen-bond donors (Lipinski definition) is 1. The van der Waals surface area contributed by atoms with E-state index < -0.39 is 0 Å². The number of amides is 2. The smallest absolute Gasteiger partial charge is 0.240 e. The molecule has 0 aliphatic rings. The van der Waals surface area contributed by atoms with E-state index in [1.54, 1.807) is 0 Å². The first kappa shape index (κ1) is 19.0. The molecule has 0 bridgehead atoms. The number of carbonyl (C=O) groups excluding carboxylic acids is 2. The van der Waals surface area contributed by atoms with Gasteiger partial charge < -0.3 is 20.0 Å². The lowest BCUT2D eigenvalue weighted by Crippen LogP contribution is -2.40. The number of nitrogens with one attached hydrogen (secondary N) is 1. The second-order valence-corrected chi connectivity index (χ2v) is 6.02. The van der Waals surface area contributed by atoms with Crippen LogP contribution in [0.15, 0.2) is 24.3 Å². The molecule has 0 radical (unpaired) electrons. The summed E-state index contributed by atoms with van der Waals surface area (Å²) in [4.78, 5) is 29.4. The molecule has 1 rings (SSSR count). The van der Waals surface area contributed by atoms with Crippen LogP contribution in [0.5, 0.6) is 0 Å². The minimum Gasteiger partial charge on any atom is -0.378 e. The number of anilines is 2. The number of nitrogens with zero attached hydrogens (tertiary/aromatic N) is 3. The molecule has 6 nitrogen and oxygen atoms in total. The highest BCUT2D eigenvalue weighted by Gasteiger charge is 2.15. The van der Waals surface area contributed by atoms with Gasteiger partial charge in [-0.25, -0.2) is 0 Å². The molecule has 1 aromatic rings. The van der Waals surface area contributed by atoms with E-state index in [9.17, 15) is 9.59 Å². The molecule has 0 atom stereocenters. The van der Waals surface area contributed by atoms with Gasteiger partial charge in [-0.2, -0.15) is 0 Å². The molecule has 0 aromatic heterocycles. The van der Waals surface area contributed by atoms with Gasteiger partial charge in [0.1, 0.15) is 6.54 Å². The fraction of sp³-hybridized carbons (Fsp3) is 0.529. The molecule has 128 valence electrons. The lowest BCUT2D eigenvalue weighted by Gasteiger charge is -2.22. The van der Waals surface area contributed by atoms with Crippen LogP contribution in [0, 0.1) is 0 Å². The Bertz CT molecular complexity index is 512. The van der Waals surface area contributed by atoms with Crippen LogP contribution in [0.25, 0.3) is 0 Å². The van der Waals surface area contributed by atoms with E-state index in [1.165, 1.54) is 11.8 Å². The monoisotopic (exact) mass is 320 g/mol. The molecule has 0 spiro atoms. The Morgan fingerprint density at radius 3 is 2.04 bits per heavy atom. The summed E-state index contributed by atoms with van der Waals surface area (Å²) in [5, 5.41) is 2.86. The quantitative estimate of drug-likeness (QED) is 0.731. The molecule has 1 N–H and O–H groups in total. The standard InChI is InChI=1S/C17H28N4O2/c1-14(22)21(13-17(23)18-11-6-12-19(2)3)16-9-7-15(8-10-16)20(4)5/h7-10H,6,11-13H2,1-5H3,(H,18,23). The first-order valence-electron chi connectivity index (χ1n) is 7.78. The summed E-state index contributed by atoms with van der Waals surface area (Å²) in [6.45, 7) is 3.04. The molecule has 2 amide bonds. The van der Waals surface area contributed by atoms with Crippen LogP contribution in [0.3, 0.4) is 0 Å². The summed E-state index contributed by atoms with van der Waals surface area (Å²) in [7, 11) is 7.91. The molecule has 0 saturated carbocycles. The summed E-state index contributed by atoms with van der Waals surface area (Å²) in [5.41, 5.74) is 1.77. The van der Waals surface area contributed by atoms with E-state index in [4.69, 9.17) is 0 Å². The lowest BCUT2D eigenvalue weighted by molar-refractivity contribution is -0.123. The third kappa shape index (κ3) is 6.69. The molecule has 0 unspecified atom stereocenters. The minimum atomic E-state index is -0.147. The van der Waals surface area contributed by atoms with Gasteiger partial charge in [0, 0.05) is 38.9 Å². The van der Waals surface area contributed by atoms with E-state index in [2.05, 4.69) is 10.2 Å². The van der Waals surface area contributed by atoms with Crippen molar-refractivity contribution >= 4 is 23.2 Å². The van der Waals surface area contributed by atoms with Gasteiger partial charge >= 0.3 is 0 Å². The Hall–Kier alpha value is -2.08. The second-order valence-electron chi connectivity index (χ2n) is 6.02. The van der Waals surface area contributed by atoms with Crippen molar-refractivity contribution in [1.82, 2.24) is 10.2 Å². The number of hydrogen-bond acceptors (Lipinski definition) is 4. The zero-order valence-electron chi connectivity index (χ0n) is 14.8. The van der Waals surface area contributed by atoms with E-state index in [-0.39, 0.29) is 18.4 Å². The summed E-state index contributed by atoms with van der Waals surface area (Å²) in [6, 6.07) is 7.58. The Morgan fingerprint density at radius 1 is 1.00 bits per heavy atom. The molecule has 6 heteroatoms. The third-order valence-corrected chi connectivity index (χ3v) is 3.46. The highest BCUT2D eigenvalue weighted by Crippen LogP contribution is 2.19. The molecule has 0 aliphatic heterocycles. The van der Waals surface area contributed by atoms with Crippen molar-refractivity contribution in [2.45, 2.75) is 13.3 Å². The van der Waals surface area contributed by atoms with Crippen molar-refractivity contribution in [2.75, 3.05) is 57.6 Å². The molecule has 1 aromatic carbocycles. The van der Waals surface area contributed by atoms with Crippen LogP contribution >= 0.6 is 0 Å². The third-order valence-electron chi connectivity index (χ3n) is 3.46. The summed E-state index contributed by atoms with van der Waals surface area (Å²) in [6.07, 6.45) is 0.885. The van der Waals surface area contributed by atoms with Gasteiger partial charge in [0.15, 0.2) is 0 Å². The fourth-order valence-corrected chi connectivity index (χ4v) is 2.14. The van der Waals surface area contributed by atoms with Gasteiger partial charge in [-0.05, 0) is 51.3 Å².